The topological polar surface area (TPSA) is 78.6 Å². The summed E-state index contributed by atoms with van der Waals surface area (Å²) in [6.07, 6.45) is 2.85. The maximum atomic E-state index is 11.5. The minimum atomic E-state index is -0.564. The lowest BCUT2D eigenvalue weighted by molar-refractivity contribution is -0.137. The zero-order valence-corrected chi connectivity index (χ0v) is 13.4. The van der Waals surface area contributed by atoms with E-state index in [-0.39, 0.29) is 0 Å². The Morgan fingerprint density at radius 1 is 1.12 bits per heavy atom. The molecule has 0 aromatic heterocycles. The molecule has 2 aromatic carbocycles. The number of esters is 1. The number of primary amides is 1. The standard InChI is InChI=1S/C19H19NO4/c1-2-23-18(21)9-8-15-10-16(19(20)22)12-17(11-15)24-13-14-6-4-3-5-7-14/h3-12H,2,13H2,1H3,(H2,20,22). The van der Waals surface area contributed by atoms with E-state index in [1.807, 2.05) is 30.3 Å². The third-order valence-corrected chi connectivity index (χ3v) is 3.16. The first-order chi connectivity index (χ1) is 11.6. The van der Waals surface area contributed by atoms with Gasteiger partial charge in [-0.25, -0.2) is 4.79 Å². The molecule has 2 aromatic rings. The summed E-state index contributed by atoms with van der Waals surface area (Å²) in [7, 11) is 0. The van der Waals surface area contributed by atoms with Gasteiger partial charge in [-0.3, -0.25) is 4.79 Å². The van der Waals surface area contributed by atoms with Gasteiger partial charge >= 0.3 is 5.97 Å². The minimum absolute atomic E-state index is 0.302. The fourth-order valence-corrected chi connectivity index (χ4v) is 2.04. The summed E-state index contributed by atoms with van der Waals surface area (Å²) in [5.74, 6) is -0.515. The van der Waals surface area contributed by atoms with E-state index in [9.17, 15) is 9.59 Å². The monoisotopic (exact) mass is 325 g/mol. The van der Waals surface area contributed by atoms with Gasteiger partial charge in [-0.05, 0) is 42.3 Å². The number of amides is 1. The lowest BCUT2D eigenvalue weighted by Crippen LogP contribution is -2.11. The summed E-state index contributed by atoms with van der Waals surface area (Å²) in [4.78, 5) is 22.9. The molecule has 5 heteroatoms. The van der Waals surface area contributed by atoms with Gasteiger partial charge in [0.25, 0.3) is 0 Å². The second kappa shape index (κ2) is 8.53. The number of carbonyl (C=O) groups excluding carboxylic acids is 2. The van der Waals surface area contributed by atoms with Gasteiger partial charge in [-0.1, -0.05) is 30.3 Å². The van der Waals surface area contributed by atoms with Gasteiger partial charge in [-0.15, -0.1) is 0 Å². The van der Waals surface area contributed by atoms with Crippen LogP contribution in [0.4, 0.5) is 0 Å². The van der Waals surface area contributed by atoms with Crippen molar-refractivity contribution >= 4 is 18.0 Å². The molecule has 5 nitrogen and oxygen atoms in total. The molecule has 1 amide bonds. The molecule has 24 heavy (non-hydrogen) atoms. The van der Waals surface area contributed by atoms with Gasteiger partial charge in [-0.2, -0.15) is 0 Å². The van der Waals surface area contributed by atoms with E-state index in [0.29, 0.717) is 30.1 Å². The summed E-state index contributed by atoms with van der Waals surface area (Å²) in [6.45, 7) is 2.40. The average Bonchev–Trinajstić information content (AvgIpc) is 2.59. The van der Waals surface area contributed by atoms with Crippen molar-refractivity contribution < 1.29 is 19.1 Å². The van der Waals surface area contributed by atoms with Gasteiger partial charge in [0.15, 0.2) is 0 Å². The van der Waals surface area contributed by atoms with Crippen molar-refractivity contribution in [3.63, 3.8) is 0 Å². The highest BCUT2D eigenvalue weighted by Crippen LogP contribution is 2.20. The summed E-state index contributed by atoms with van der Waals surface area (Å²) >= 11 is 0. The van der Waals surface area contributed by atoms with Crippen molar-refractivity contribution in [1.82, 2.24) is 0 Å². The Hall–Kier alpha value is -3.08. The van der Waals surface area contributed by atoms with Crippen molar-refractivity contribution in [2.45, 2.75) is 13.5 Å². The van der Waals surface area contributed by atoms with Gasteiger partial charge < -0.3 is 15.2 Å². The first kappa shape index (κ1) is 17.3. The highest BCUT2D eigenvalue weighted by atomic mass is 16.5. The van der Waals surface area contributed by atoms with E-state index in [2.05, 4.69) is 0 Å². The Kier molecular flexibility index (Phi) is 6.14. The average molecular weight is 325 g/mol. The molecule has 0 aliphatic carbocycles. The van der Waals surface area contributed by atoms with Crippen molar-refractivity contribution in [2.75, 3.05) is 6.61 Å². The number of benzene rings is 2. The minimum Gasteiger partial charge on any atom is -0.489 e. The van der Waals surface area contributed by atoms with Crippen LogP contribution in [0.5, 0.6) is 5.75 Å². The molecule has 0 radical (unpaired) electrons. The summed E-state index contributed by atoms with van der Waals surface area (Å²) in [5, 5.41) is 0. The van der Waals surface area contributed by atoms with Crippen molar-refractivity contribution in [3.05, 3.63) is 71.3 Å². The number of hydrogen-bond acceptors (Lipinski definition) is 4. The molecule has 2 N–H and O–H groups in total. The molecule has 0 unspecified atom stereocenters. The van der Waals surface area contributed by atoms with E-state index in [1.54, 1.807) is 31.2 Å². The molecule has 2 rings (SSSR count). The van der Waals surface area contributed by atoms with E-state index >= 15 is 0 Å². The SMILES string of the molecule is CCOC(=O)C=Cc1cc(OCc2ccccc2)cc(C(N)=O)c1. The van der Waals surface area contributed by atoms with Crippen LogP contribution in [0.2, 0.25) is 0 Å². The van der Waals surface area contributed by atoms with Crippen LogP contribution in [0.1, 0.15) is 28.4 Å². The predicted molar refractivity (Wildman–Crippen MR) is 91.4 cm³/mol. The molecule has 0 spiro atoms. The third-order valence-electron chi connectivity index (χ3n) is 3.16. The number of hydrogen-bond donors (Lipinski definition) is 1. The predicted octanol–water partition coefficient (Wildman–Crippen LogP) is 2.94. The molecule has 0 bridgehead atoms. The lowest BCUT2D eigenvalue weighted by atomic mass is 10.1. The molecule has 0 aliphatic heterocycles. The molecule has 0 aliphatic rings. The van der Waals surface area contributed by atoms with Crippen LogP contribution >= 0.6 is 0 Å². The number of ether oxygens (including phenoxy) is 2. The van der Waals surface area contributed by atoms with E-state index in [4.69, 9.17) is 15.2 Å². The normalized spacial score (nSPS) is 10.5. The molecule has 0 saturated heterocycles. The lowest BCUT2D eigenvalue weighted by Gasteiger charge is -2.09. The van der Waals surface area contributed by atoms with E-state index in [0.717, 1.165) is 5.56 Å². The van der Waals surface area contributed by atoms with E-state index < -0.39 is 11.9 Å². The molecular weight excluding hydrogens is 306 g/mol. The highest BCUT2D eigenvalue weighted by molar-refractivity contribution is 5.94. The van der Waals surface area contributed by atoms with Gasteiger partial charge in [0.1, 0.15) is 12.4 Å². The van der Waals surface area contributed by atoms with Crippen LogP contribution in [-0.4, -0.2) is 18.5 Å². The third kappa shape index (κ3) is 5.28. The molecule has 0 fully saturated rings. The Labute approximate surface area is 140 Å². The van der Waals surface area contributed by atoms with E-state index in [1.165, 1.54) is 6.08 Å². The Morgan fingerprint density at radius 3 is 2.54 bits per heavy atom. The summed E-state index contributed by atoms with van der Waals surface area (Å²) in [6, 6.07) is 14.6. The zero-order chi connectivity index (χ0) is 17.4. The fraction of sp³-hybridized carbons (Fsp3) is 0.158. The summed E-state index contributed by atoms with van der Waals surface area (Å²) in [5.41, 5.74) is 7.29. The van der Waals surface area contributed by atoms with Crippen molar-refractivity contribution in [1.29, 1.82) is 0 Å². The largest absolute Gasteiger partial charge is 0.489 e. The van der Waals surface area contributed by atoms with Gasteiger partial charge in [0.05, 0.1) is 6.61 Å². The highest BCUT2D eigenvalue weighted by Gasteiger charge is 2.06. The maximum Gasteiger partial charge on any atom is 0.330 e. The summed E-state index contributed by atoms with van der Waals surface area (Å²) < 4.78 is 10.5. The zero-order valence-electron chi connectivity index (χ0n) is 13.4. The van der Waals surface area contributed by atoms with Crippen LogP contribution in [0.3, 0.4) is 0 Å². The number of carbonyl (C=O) groups is 2. The van der Waals surface area contributed by atoms with Gasteiger partial charge in [0, 0.05) is 11.6 Å². The first-order valence-corrected chi connectivity index (χ1v) is 7.55. The first-order valence-electron chi connectivity index (χ1n) is 7.55. The maximum absolute atomic E-state index is 11.5. The van der Waals surface area contributed by atoms with Crippen LogP contribution in [0.25, 0.3) is 6.08 Å². The van der Waals surface area contributed by atoms with Crippen LogP contribution in [-0.2, 0) is 16.1 Å². The molecule has 0 heterocycles. The van der Waals surface area contributed by atoms with Crippen LogP contribution in [0, 0.1) is 0 Å². The second-order valence-corrected chi connectivity index (χ2v) is 5.01. The Balaban J connectivity index is 2.17. The number of rotatable bonds is 7. The molecule has 124 valence electrons. The fourth-order valence-electron chi connectivity index (χ4n) is 2.04. The smallest absolute Gasteiger partial charge is 0.330 e. The number of nitrogens with two attached hydrogens (primary N) is 1. The molecular formula is C19H19NO4. The molecule has 0 atom stereocenters. The van der Waals surface area contributed by atoms with Gasteiger partial charge in [0.2, 0.25) is 5.91 Å². The quantitative estimate of drug-likeness (QED) is 0.627. The van der Waals surface area contributed by atoms with Crippen LogP contribution < -0.4 is 10.5 Å². The van der Waals surface area contributed by atoms with Crippen LogP contribution in [0.15, 0.2) is 54.6 Å². The Morgan fingerprint density at radius 2 is 1.88 bits per heavy atom. The van der Waals surface area contributed by atoms with Crippen molar-refractivity contribution in [2.24, 2.45) is 5.73 Å². The van der Waals surface area contributed by atoms with Crippen molar-refractivity contribution in [3.8, 4) is 5.75 Å². The second-order valence-electron chi connectivity index (χ2n) is 5.01. The Bertz CT molecular complexity index is 738. The molecule has 0 saturated carbocycles.